The Kier molecular flexibility index (Phi) is 4.07. The summed E-state index contributed by atoms with van der Waals surface area (Å²) in [7, 11) is 0. The highest BCUT2D eigenvalue weighted by Crippen LogP contribution is 2.83. The molecule has 5 aliphatic rings. The number of alkyl halides is 3. The van der Waals surface area contributed by atoms with E-state index < -0.39 is 0 Å². The Balaban J connectivity index is 1.67. The van der Waals surface area contributed by atoms with Gasteiger partial charge in [0.1, 0.15) is 0 Å². The van der Waals surface area contributed by atoms with Crippen LogP contribution in [0.25, 0.3) is 0 Å². The van der Waals surface area contributed by atoms with Gasteiger partial charge in [0.15, 0.2) is 0 Å². The first kappa shape index (κ1) is 19.2. The minimum Gasteiger partial charge on any atom is -0.339 e. The SMILES string of the molecule is CC1(C)C[C@@H]2C[C@@](C)(CN2C(=O)[C@@]23CC[C@@](C(Br)Br)([C@@H]2Br)C3(C)C)C1. The lowest BCUT2D eigenvalue weighted by Gasteiger charge is -2.66. The molecule has 1 heterocycles. The largest absolute Gasteiger partial charge is 0.339 e. The van der Waals surface area contributed by atoms with Crippen molar-refractivity contribution in [3.63, 3.8) is 0 Å². The van der Waals surface area contributed by atoms with Crippen molar-refractivity contribution in [3.05, 3.63) is 0 Å². The maximum Gasteiger partial charge on any atom is 0.230 e. The van der Waals surface area contributed by atoms with E-state index in [-0.39, 0.29) is 24.8 Å². The van der Waals surface area contributed by atoms with Gasteiger partial charge < -0.3 is 4.90 Å². The average molecular weight is 540 g/mol. The molecule has 0 unspecified atom stereocenters. The molecular weight excluding hydrogens is 510 g/mol. The van der Waals surface area contributed by atoms with E-state index in [1.54, 1.807) is 0 Å². The summed E-state index contributed by atoms with van der Waals surface area (Å²) in [6, 6.07) is 0.436. The van der Waals surface area contributed by atoms with Gasteiger partial charge in [-0.1, -0.05) is 82.4 Å². The summed E-state index contributed by atoms with van der Waals surface area (Å²) in [5.74, 6) is 0.430. The van der Waals surface area contributed by atoms with Crippen molar-refractivity contribution in [2.45, 2.75) is 81.3 Å². The molecule has 142 valence electrons. The first-order chi connectivity index (χ1) is 11.3. The molecule has 0 spiro atoms. The van der Waals surface area contributed by atoms with Crippen LogP contribution in [0.3, 0.4) is 0 Å². The Labute approximate surface area is 177 Å². The van der Waals surface area contributed by atoms with Gasteiger partial charge in [-0.3, -0.25) is 4.79 Å². The standard InChI is InChI=1S/C20H30Br3NO/c1-16(2)8-12-9-18(5,10-16)11-24(12)15(25)20-7-6-19(13(20)21,14(22)23)17(20,3)4/h12-14H,6-11H2,1-5H3/t12-,13+,18-,19+,20-/m1/s1. The molecule has 0 aromatic carbocycles. The van der Waals surface area contributed by atoms with E-state index in [0.717, 1.165) is 25.8 Å². The molecule has 5 heteroatoms. The van der Waals surface area contributed by atoms with E-state index in [2.05, 4.69) is 87.3 Å². The topological polar surface area (TPSA) is 20.3 Å². The molecule has 5 atom stereocenters. The molecule has 4 bridgehead atoms. The molecule has 0 N–H and O–H groups in total. The van der Waals surface area contributed by atoms with Crippen LogP contribution in [0.5, 0.6) is 0 Å². The van der Waals surface area contributed by atoms with Crippen LogP contribution in [0.2, 0.25) is 0 Å². The molecule has 4 aliphatic carbocycles. The summed E-state index contributed by atoms with van der Waals surface area (Å²) >= 11 is 11.6. The van der Waals surface area contributed by atoms with Crippen LogP contribution in [0, 0.1) is 27.1 Å². The molecule has 2 nitrogen and oxygen atoms in total. The van der Waals surface area contributed by atoms with Gasteiger partial charge in [0.25, 0.3) is 0 Å². The van der Waals surface area contributed by atoms with Gasteiger partial charge in [0.2, 0.25) is 5.91 Å². The van der Waals surface area contributed by atoms with Crippen molar-refractivity contribution in [1.29, 1.82) is 0 Å². The van der Waals surface area contributed by atoms with Crippen molar-refractivity contribution in [2.24, 2.45) is 27.1 Å². The average Bonchev–Trinajstić information content (AvgIpc) is 3.00. The molecule has 25 heavy (non-hydrogen) atoms. The summed E-state index contributed by atoms with van der Waals surface area (Å²) in [5.41, 5.74) is 0.516. The number of carbonyl (C=O) groups is 1. The minimum atomic E-state index is -0.245. The van der Waals surface area contributed by atoms with E-state index in [0.29, 0.717) is 22.8 Å². The van der Waals surface area contributed by atoms with E-state index in [9.17, 15) is 4.79 Å². The van der Waals surface area contributed by atoms with Gasteiger partial charge in [-0.15, -0.1) is 0 Å². The molecule has 0 radical (unpaired) electrons. The Morgan fingerprint density at radius 3 is 2.24 bits per heavy atom. The van der Waals surface area contributed by atoms with Crippen molar-refractivity contribution in [1.82, 2.24) is 4.90 Å². The third kappa shape index (κ3) is 2.10. The minimum absolute atomic E-state index is 0.00394. The highest BCUT2D eigenvalue weighted by molar-refractivity contribution is 9.24. The summed E-state index contributed by atoms with van der Waals surface area (Å²) in [4.78, 5) is 16.5. The van der Waals surface area contributed by atoms with Crippen LogP contribution in [0.1, 0.15) is 66.7 Å². The van der Waals surface area contributed by atoms with E-state index in [1.165, 1.54) is 12.8 Å². The van der Waals surface area contributed by atoms with Crippen LogP contribution in [0.15, 0.2) is 0 Å². The highest BCUT2D eigenvalue weighted by Gasteiger charge is 2.84. The van der Waals surface area contributed by atoms with Crippen LogP contribution in [0.4, 0.5) is 0 Å². The van der Waals surface area contributed by atoms with Crippen molar-refractivity contribution < 1.29 is 4.79 Å². The Bertz CT molecular complexity index is 632. The fraction of sp³-hybridized carbons (Fsp3) is 0.950. The zero-order valence-corrected chi connectivity index (χ0v) is 20.7. The van der Waals surface area contributed by atoms with Gasteiger partial charge >= 0.3 is 0 Å². The maximum atomic E-state index is 14.0. The molecule has 0 aromatic rings. The zero-order valence-electron chi connectivity index (χ0n) is 16.0. The van der Waals surface area contributed by atoms with Crippen LogP contribution in [-0.4, -0.2) is 32.0 Å². The fourth-order valence-corrected chi connectivity index (χ4v) is 12.5. The monoisotopic (exact) mass is 537 g/mol. The Morgan fingerprint density at radius 2 is 1.72 bits per heavy atom. The lowest BCUT2D eigenvalue weighted by molar-refractivity contribution is -0.174. The number of amides is 1. The summed E-state index contributed by atoms with van der Waals surface area (Å²) < 4.78 is 0.240. The predicted octanol–water partition coefficient (Wildman–Crippen LogP) is 6.10. The number of halogens is 3. The van der Waals surface area contributed by atoms with Gasteiger partial charge in [-0.25, -0.2) is 0 Å². The normalized spacial score (nSPS) is 49.4. The second kappa shape index (κ2) is 5.28. The molecule has 5 fully saturated rings. The summed E-state index contributed by atoms with van der Waals surface area (Å²) in [6.07, 6.45) is 5.69. The Hall–Kier alpha value is 0.910. The molecule has 1 amide bonds. The van der Waals surface area contributed by atoms with E-state index >= 15 is 0 Å². The van der Waals surface area contributed by atoms with Crippen molar-refractivity contribution >= 4 is 53.7 Å². The van der Waals surface area contributed by atoms with Gasteiger partial charge in [-0.2, -0.15) is 0 Å². The Morgan fingerprint density at radius 1 is 1.08 bits per heavy atom. The maximum absolute atomic E-state index is 14.0. The van der Waals surface area contributed by atoms with Gasteiger partial charge in [0.05, 0.1) is 9.15 Å². The molecule has 1 saturated heterocycles. The number of likely N-dealkylation sites (tertiary alicyclic amines) is 1. The van der Waals surface area contributed by atoms with Crippen molar-refractivity contribution in [3.8, 4) is 0 Å². The number of hydrogen-bond acceptors (Lipinski definition) is 1. The van der Waals surface area contributed by atoms with E-state index in [4.69, 9.17) is 0 Å². The molecular formula is C20H30Br3NO. The first-order valence-corrected chi connectivity index (χ1v) is 12.3. The quantitative estimate of drug-likeness (QED) is 0.388. The summed E-state index contributed by atoms with van der Waals surface area (Å²) in [6.45, 7) is 12.8. The number of hydrogen-bond donors (Lipinski definition) is 0. The first-order valence-electron chi connectivity index (χ1n) is 9.56. The molecule has 0 aromatic heterocycles. The van der Waals surface area contributed by atoms with Gasteiger partial charge in [-0.05, 0) is 48.3 Å². The lowest BCUT2D eigenvalue weighted by atomic mass is 9.43. The van der Waals surface area contributed by atoms with Crippen LogP contribution in [-0.2, 0) is 4.79 Å². The van der Waals surface area contributed by atoms with Crippen LogP contribution < -0.4 is 0 Å². The summed E-state index contributed by atoms with van der Waals surface area (Å²) in [5, 5.41) is 0. The van der Waals surface area contributed by atoms with Crippen molar-refractivity contribution in [2.75, 3.05) is 6.54 Å². The third-order valence-corrected chi connectivity index (χ3v) is 11.8. The van der Waals surface area contributed by atoms with Gasteiger partial charge in [0, 0.05) is 22.8 Å². The number of fused-ring (bicyclic) bond motifs is 3. The smallest absolute Gasteiger partial charge is 0.230 e. The zero-order chi connectivity index (χ0) is 18.6. The number of carbonyl (C=O) groups excluding carboxylic acids is 1. The molecule has 1 aliphatic heterocycles. The second-order valence-corrected chi connectivity index (χ2v) is 14.9. The lowest BCUT2D eigenvalue weighted by Crippen LogP contribution is -2.72. The number of nitrogens with zero attached hydrogens (tertiary/aromatic N) is 1. The second-order valence-electron chi connectivity index (χ2n) is 10.9. The fourth-order valence-electron chi connectivity index (χ4n) is 7.62. The predicted molar refractivity (Wildman–Crippen MR) is 113 cm³/mol. The molecule has 5 rings (SSSR count). The number of rotatable bonds is 2. The van der Waals surface area contributed by atoms with Crippen LogP contribution >= 0.6 is 47.8 Å². The third-order valence-electron chi connectivity index (χ3n) is 8.54. The van der Waals surface area contributed by atoms with E-state index in [1.807, 2.05) is 0 Å². The highest BCUT2D eigenvalue weighted by atomic mass is 79.9. The molecule has 4 saturated carbocycles.